The number of thiazole rings is 1. The lowest BCUT2D eigenvalue weighted by molar-refractivity contribution is 0.605. The lowest BCUT2D eigenvalue weighted by Crippen LogP contribution is -2.20. The van der Waals surface area contributed by atoms with Crippen LogP contribution >= 0.6 is 11.3 Å². The summed E-state index contributed by atoms with van der Waals surface area (Å²) >= 11 is 1.49. The maximum absolute atomic E-state index is 11.1. The van der Waals surface area contributed by atoms with Gasteiger partial charge in [0.2, 0.25) is 0 Å². The van der Waals surface area contributed by atoms with Gasteiger partial charge in [-0.2, -0.15) is 0 Å². The molecule has 6 heteroatoms. The molecule has 0 fully saturated rings. The summed E-state index contributed by atoms with van der Waals surface area (Å²) in [6.07, 6.45) is 1.66. The van der Waals surface area contributed by atoms with E-state index in [-0.39, 0.29) is 11.8 Å². The van der Waals surface area contributed by atoms with Crippen LogP contribution in [0.3, 0.4) is 0 Å². The highest BCUT2D eigenvalue weighted by molar-refractivity contribution is 7.94. The van der Waals surface area contributed by atoms with E-state index in [0.29, 0.717) is 0 Å². The first-order chi connectivity index (χ1) is 6.55. The quantitative estimate of drug-likeness (QED) is 0.828. The van der Waals surface area contributed by atoms with Gasteiger partial charge in [-0.05, 0) is 13.0 Å². The van der Waals surface area contributed by atoms with Gasteiger partial charge in [0, 0.05) is 10.8 Å². The van der Waals surface area contributed by atoms with Gasteiger partial charge in [0.15, 0.2) is 15.0 Å². The van der Waals surface area contributed by atoms with E-state index >= 15 is 0 Å². The van der Waals surface area contributed by atoms with Gasteiger partial charge in [0.05, 0.1) is 17.5 Å². The molecule has 1 N–H and O–H groups in total. The molecular weight excluding hydrogens is 220 g/mol. The molecule has 0 spiro atoms. The average molecular weight is 230 g/mol. The molecule has 2 heterocycles. The molecule has 0 saturated carbocycles. The predicted octanol–water partition coefficient (Wildman–Crippen LogP) is 1.17. The molecule has 1 aromatic heterocycles. The summed E-state index contributed by atoms with van der Waals surface area (Å²) in [7, 11) is -2.97. The number of nitrogens with one attached hydrogen (secondary N) is 1. The van der Waals surface area contributed by atoms with Crippen molar-refractivity contribution < 1.29 is 8.42 Å². The van der Waals surface area contributed by atoms with Crippen LogP contribution in [0.5, 0.6) is 0 Å². The second kappa shape index (κ2) is 3.36. The van der Waals surface area contributed by atoms with Crippen molar-refractivity contribution in [2.45, 2.75) is 13.0 Å². The molecule has 76 valence electrons. The molecule has 1 aromatic rings. The van der Waals surface area contributed by atoms with Crippen molar-refractivity contribution in [1.29, 1.82) is 0 Å². The first kappa shape index (κ1) is 9.67. The third-order valence-corrected chi connectivity index (χ3v) is 4.14. The van der Waals surface area contributed by atoms with Crippen molar-refractivity contribution in [2.75, 3.05) is 11.1 Å². The minimum Gasteiger partial charge on any atom is -0.354 e. The van der Waals surface area contributed by atoms with Crippen molar-refractivity contribution in [3.05, 3.63) is 22.6 Å². The van der Waals surface area contributed by atoms with E-state index in [0.717, 1.165) is 10.8 Å². The molecule has 1 aliphatic heterocycles. The Morgan fingerprint density at radius 2 is 2.43 bits per heavy atom. The van der Waals surface area contributed by atoms with E-state index in [1.807, 2.05) is 12.3 Å². The van der Waals surface area contributed by atoms with Crippen molar-refractivity contribution in [1.82, 2.24) is 4.98 Å². The molecule has 1 atom stereocenters. The smallest absolute Gasteiger partial charge is 0.183 e. The Morgan fingerprint density at radius 3 is 2.93 bits per heavy atom. The predicted molar refractivity (Wildman–Crippen MR) is 57.2 cm³/mol. The maximum Gasteiger partial charge on any atom is 0.183 e. The third kappa shape index (κ3) is 2.13. The number of hydrogen-bond acceptors (Lipinski definition) is 5. The SMILES string of the molecule is Cc1csc(NC2C=CS(=O)(=O)C2)n1. The Labute approximate surface area is 86.6 Å². The van der Waals surface area contributed by atoms with Crippen LogP contribution in [0.4, 0.5) is 5.13 Å². The van der Waals surface area contributed by atoms with E-state index in [1.54, 1.807) is 6.08 Å². The second-order valence-electron chi connectivity index (χ2n) is 3.20. The number of aromatic nitrogens is 1. The van der Waals surface area contributed by atoms with Crippen molar-refractivity contribution in [2.24, 2.45) is 0 Å². The number of hydrogen-bond donors (Lipinski definition) is 1. The van der Waals surface area contributed by atoms with E-state index in [9.17, 15) is 8.42 Å². The van der Waals surface area contributed by atoms with Crippen LogP contribution in [-0.2, 0) is 9.84 Å². The first-order valence-corrected chi connectivity index (χ1v) is 6.74. The van der Waals surface area contributed by atoms with E-state index in [2.05, 4.69) is 10.3 Å². The van der Waals surface area contributed by atoms with Crippen LogP contribution in [0.2, 0.25) is 0 Å². The fourth-order valence-corrected chi connectivity index (χ4v) is 3.23. The zero-order valence-corrected chi connectivity index (χ0v) is 9.23. The normalized spacial score (nSPS) is 23.9. The van der Waals surface area contributed by atoms with Crippen LogP contribution < -0.4 is 5.32 Å². The molecule has 1 unspecified atom stereocenters. The van der Waals surface area contributed by atoms with E-state index in [4.69, 9.17) is 0 Å². The van der Waals surface area contributed by atoms with Gasteiger partial charge in [-0.3, -0.25) is 0 Å². The molecule has 2 rings (SSSR count). The summed E-state index contributed by atoms with van der Waals surface area (Å²) in [6, 6.07) is -0.134. The highest BCUT2D eigenvalue weighted by Gasteiger charge is 2.21. The molecule has 0 aromatic carbocycles. The lowest BCUT2D eigenvalue weighted by Gasteiger charge is -2.06. The Balaban J connectivity index is 2.05. The molecule has 0 amide bonds. The highest BCUT2D eigenvalue weighted by atomic mass is 32.2. The Kier molecular flexibility index (Phi) is 2.32. The minimum absolute atomic E-state index is 0.131. The molecule has 0 aliphatic carbocycles. The minimum atomic E-state index is -2.97. The van der Waals surface area contributed by atoms with Crippen LogP contribution in [0.15, 0.2) is 16.9 Å². The summed E-state index contributed by atoms with van der Waals surface area (Å²) in [5.41, 5.74) is 0.947. The first-order valence-electron chi connectivity index (χ1n) is 4.15. The van der Waals surface area contributed by atoms with Crippen molar-refractivity contribution in [3.63, 3.8) is 0 Å². The number of sulfone groups is 1. The summed E-state index contributed by atoms with van der Waals surface area (Å²) in [4.78, 5) is 4.20. The maximum atomic E-state index is 11.1. The van der Waals surface area contributed by atoms with E-state index < -0.39 is 9.84 Å². The fraction of sp³-hybridized carbons (Fsp3) is 0.375. The number of aryl methyl sites for hydroxylation is 1. The monoisotopic (exact) mass is 230 g/mol. The van der Waals surface area contributed by atoms with Crippen LogP contribution in [-0.4, -0.2) is 25.2 Å². The van der Waals surface area contributed by atoms with Crippen molar-refractivity contribution >= 4 is 26.3 Å². The zero-order chi connectivity index (χ0) is 10.2. The molecule has 4 nitrogen and oxygen atoms in total. The Morgan fingerprint density at radius 1 is 1.64 bits per heavy atom. The molecular formula is C8H10N2O2S2. The zero-order valence-electron chi connectivity index (χ0n) is 7.60. The van der Waals surface area contributed by atoms with Crippen LogP contribution in [0.25, 0.3) is 0 Å². The topological polar surface area (TPSA) is 59.1 Å². The number of nitrogens with zero attached hydrogens (tertiary/aromatic N) is 1. The fourth-order valence-electron chi connectivity index (χ4n) is 1.24. The van der Waals surface area contributed by atoms with Crippen LogP contribution in [0, 0.1) is 6.92 Å². The molecule has 0 bridgehead atoms. The van der Waals surface area contributed by atoms with Gasteiger partial charge < -0.3 is 5.32 Å². The second-order valence-corrected chi connectivity index (χ2v) is 5.99. The van der Waals surface area contributed by atoms with E-state index in [1.165, 1.54) is 16.7 Å². The third-order valence-electron chi connectivity index (χ3n) is 1.86. The van der Waals surface area contributed by atoms with Gasteiger partial charge in [0.1, 0.15) is 0 Å². The Bertz CT molecular complexity index is 461. The standard InChI is InChI=1S/C8H10N2O2S2/c1-6-4-13-8(9-6)10-7-2-3-14(11,12)5-7/h2-4,7H,5H2,1H3,(H,9,10). The number of anilines is 1. The molecule has 1 aliphatic rings. The van der Waals surface area contributed by atoms with Gasteiger partial charge >= 0.3 is 0 Å². The largest absolute Gasteiger partial charge is 0.354 e. The summed E-state index contributed by atoms with van der Waals surface area (Å²) < 4.78 is 22.2. The number of rotatable bonds is 2. The van der Waals surface area contributed by atoms with Gasteiger partial charge in [0.25, 0.3) is 0 Å². The molecule has 0 saturated heterocycles. The molecule has 14 heavy (non-hydrogen) atoms. The lowest BCUT2D eigenvalue weighted by atomic mass is 10.3. The van der Waals surface area contributed by atoms with Gasteiger partial charge in [-0.15, -0.1) is 11.3 Å². The summed E-state index contributed by atoms with van der Waals surface area (Å²) in [5, 5.41) is 7.01. The summed E-state index contributed by atoms with van der Waals surface area (Å²) in [6.45, 7) is 1.91. The van der Waals surface area contributed by atoms with Crippen LogP contribution in [0.1, 0.15) is 5.69 Å². The summed E-state index contributed by atoms with van der Waals surface area (Å²) in [5.74, 6) is 0.131. The van der Waals surface area contributed by atoms with Crippen molar-refractivity contribution in [3.8, 4) is 0 Å². The average Bonchev–Trinajstić information content (AvgIpc) is 2.59. The Hall–Kier alpha value is -0.880. The highest BCUT2D eigenvalue weighted by Crippen LogP contribution is 2.18. The van der Waals surface area contributed by atoms with Gasteiger partial charge in [-0.1, -0.05) is 0 Å². The molecule has 0 radical (unpaired) electrons. The van der Waals surface area contributed by atoms with Gasteiger partial charge in [-0.25, -0.2) is 13.4 Å².